The smallest absolute Gasteiger partial charge is 0.0559 e. The second kappa shape index (κ2) is 4.33. The number of hydrogen-bond donors (Lipinski definition) is 1. The van der Waals surface area contributed by atoms with Gasteiger partial charge in [0.1, 0.15) is 0 Å². The molecule has 8 heavy (non-hydrogen) atoms. The zero-order valence-corrected chi connectivity index (χ0v) is 6.98. The Morgan fingerprint density at radius 3 is 2.25 bits per heavy atom. The van der Waals surface area contributed by atoms with E-state index in [1.165, 1.54) is 0 Å². The van der Waals surface area contributed by atoms with E-state index in [0.29, 0.717) is 5.92 Å². The van der Waals surface area contributed by atoms with Gasteiger partial charge in [0.05, 0.1) is 6.61 Å². The largest absolute Gasteiger partial charge is 0.395 e. The van der Waals surface area contributed by atoms with Crippen LogP contribution in [-0.2, 0) is 0 Å². The Balaban J connectivity index is 3.29. The van der Waals surface area contributed by atoms with Crippen LogP contribution in [0.3, 0.4) is 0 Å². The molecule has 0 aromatic rings. The molecule has 0 amide bonds. The third kappa shape index (κ3) is 2.68. The van der Waals surface area contributed by atoms with E-state index >= 15 is 0 Å². The molecule has 2 atom stereocenters. The van der Waals surface area contributed by atoms with E-state index in [-0.39, 0.29) is 11.4 Å². The Hall–Kier alpha value is 0.440. The average molecular weight is 181 g/mol. The van der Waals surface area contributed by atoms with E-state index in [9.17, 15) is 0 Å². The second-order valence-corrected chi connectivity index (χ2v) is 3.26. The fourth-order valence-corrected chi connectivity index (χ4v) is 0.810. The van der Waals surface area contributed by atoms with Crippen molar-refractivity contribution in [2.75, 3.05) is 6.61 Å². The van der Waals surface area contributed by atoms with E-state index < -0.39 is 0 Å². The molecule has 0 unspecified atom stereocenters. The van der Waals surface area contributed by atoms with E-state index in [1.807, 2.05) is 0 Å². The van der Waals surface area contributed by atoms with E-state index in [1.54, 1.807) is 0 Å². The van der Waals surface area contributed by atoms with Gasteiger partial charge in [-0.1, -0.05) is 36.2 Å². The molecule has 2 heteroatoms. The predicted octanol–water partition coefficient (Wildman–Crippen LogP) is 1.79. The van der Waals surface area contributed by atoms with Gasteiger partial charge in [0.25, 0.3) is 0 Å². The van der Waals surface area contributed by atoms with Crippen LogP contribution in [0.15, 0.2) is 0 Å². The molecule has 1 nitrogen and oxygen atoms in total. The van der Waals surface area contributed by atoms with Crippen LogP contribution in [0.4, 0.5) is 0 Å². The fourth-order valence-electron chi connectivity index (χ4n) is 0.436. The molecule has 0 aliphatic heterocycles. The Bertz CT molecular complexity index is 48.5. The molecule has 0 aromatic heterocycles. The SMILES string of the molecule is CC[C@H](C)[C@H](Br)CO. The minimum Gasteiger partial charge on any atom is -0.395 e. The van der Waals surface area contributed by atoms with Crippen LogP contribution in [-0.4, -0.2) is 16.5 Å². The molecule has 1 N–H and O–H groups in total. The van der Waals surface area contributed by atoms with Gasteiger partial charge >= 0.3 is 0 Å². The van der Waals surface area contributed by atoms with Gasteiger partial charge in [-0.25, -0.2) is 0 Å². The van der Waals surface area contributed by atoms with Crippen molar-refractivity contribution in [1.82, 2.24) is 0 Å². The number of hydrogen-bond acceptors (Lipinski definition) is 1. The third-order valence-electron chi connectivity index (χ3n) is 1.44. The van der Waals surface area contributed by atoms with Crippen molar-refractivity contribution in [2.24, 2.45) is 5.92 Å². The van der Waals surface area contributed by atoms with Crippen LogP contribution in [0.1, 0.15) is 20.3 Å². The number of alkyl halides is 1. The zero-order chi connectivity index (χ0) is 6.57. The maximum absolute atomic E-state index is 8.59. The molecule has 0 rings (SSSR count). The van der Waals surface area contributed by atoms with E-state index in [0.717, 1.165) is 6.42 Å². The Kier molecular flexibility index (Phi) is 4.57. The molecule has 0 saturated carbocycles. The lowest BCUT2D eigenvalue weighted by Crippen LogP contribution is -2.13. The average Bonchev–Trinajstić information content (AvgIpc) is 1.84. The van der Waals surface area contributed by atoms with Crippen molar-refractivity contribution >= 4 is 15.9 Å². The molecule has 0 bridgehead atoms. The normalized spacial score (nSPS) is 18.0. The summed E-state index contributed by atoms with van der Waals surface area (Å²) in [5, 5.41) is 8.59. The molecule has 0 spiro atoms. The van der Waals surface area contributed by atoms with Crippen molar-refractivity contribution < 1.29 is 5.11 Å². The summed E-state index contributed by atoms with van der Waals surface area (Å²) in [4.78, 5) is 0.285. The lowest BCUT2D eigenvalue weighted by atomic mass is 10.1. The van der Waals surface area contributed by atoms with Crippen molar-refractivity contribution in [2.45, 2.75) is 25.1 Å². The first kappa shape index (κ1) is 8.44. The minimum absolute atomic E-state index is 0.245. The Morgan fingerprint density at radius 1 is 1.62 bits per heavy atom. The van der Waals surface area contributed by atoms with Crippen LogP contribution in [0.2, 0.25) is 0 Å². The number of rotatable bonds is 3. The molecular weight excluding hydrogens is 168 g/mol. The van der Waals surface area contributed by atoms with E-state index in [2.05, 4.69) is 29.8 Å². The number of halogens is 1. The van der Waals surface area contributed by atoms with Crippen LogP contribution in [0.25, 0.3) is 0 Å². The van der Waals surface area contributed by atoms with Gasteiger partial charge in [0, 0.05) is 4.83 Å². The number of aliphatic hydroxyl groups is 1. The highest BCUT2D eigenvalue weighted by Crippen LogP contribution is 2.14. The van der Waals surface area contributed by atoms with Crippen molar-refractivity contribution in [3.05, 3.63) is 0 Å². The fraction of sp³-hybridized carbons (Fsp3) is 1.00. The van der Waals surface area contributed by atoms with Gasteiger partial charge in [-0.15, -0.1) is 0 Å². The van der Waals surface area contributed by atoms with Gasteiger partial charge < -0.3 is 5.11 Å². The third-order valence-corrected chi connectivity index (χ3v) is 2.63. The highest BCUT2D eigenvalue weighted by atomic mass is 79.9. The van der Waals surface area contributed by atoms with Crippen molar-refractivity contribution in [1.29, 1.82) is 0 Å². The first-order chi connectivity index (χ1) is 3.72. The highest BCUT2D eigenvalue weighted by molar-refractivity contribution is 9.09. The monoisotopic (exact) mass is 180 g/mol. The first-order valence-corrected chi connectivity index (χ1v) is 3.88. The molecular formula is C6H13BrO. The molecule has 0 fully saturated rings. The number of aliphatic hydroxyl groups excluding tert-OH is 1. The van der Waals surface area contributed by atoms with Crippen molar-refractivity contribution in [3.63, 3.8) is 0 Å². The standard InChI is InChI=1S/C6H13BrO/c1-3-5(2)6(7)4-8/h5-6,8H,3-4H2,1-2H3/t5-,6+/m0/s1. The maximum Gasteiger partial charge on any atom is 0.0559 e. The van der Waals surface area contributed by atoms with Gasteiger partial charge in [-0.2, -0.15) is 0 Å². The molecule has 0 aliphatic rings. The molecule has 0 aromatic carbocycles. The molecule has 0 saturated heterocycles. The van der Waals surface area contributed by atoms with Gasteiger partial charge in [0.2, 0.25) is 0 Å². The van der Waals surface area contributed by atoms with Gasteiger partial charge in [0.15, 0.2) is 0 Å². The molecule has 0 aliphatic carbocycles. The van der Waals surface area contributed by atoms with Crippen molar-refractivity contribution in [3.8, 4) is 0 Å². The van der Waals surface area contributed by atoms with E-state index in [4.69, 9.17) is 5.11 Å². The first-order valence-electron chi connectivity index (χ1n) is 2.97. The van der Waals surface area contributed by atoms with Crippen LogP contribution in [0.5, 0.6) is 0 Å². The summed E-state index contributed by atoms with van der Waals surface area (Å²) in [6, 6.07) is 0. The van der Waals surface area contributed by atoms with Crippen LogP contribution < -0.4 is 0 Å². The lowest BCUT2D eigenvalue weighted by molar-refractivity contribution is 0.271. The highest BCUT2D eigenvalue weighted by Gasteiger charge is 2.08. The topological polar surface area (TPSA) is 20.2 Å². The summed E-state index contributed by atoms with van der Waals surface area (Å²) in [7, 11) is 0. The summed E-state index contributed by atoms with van der Waals surface area (Å²) in [5.41, 5.74) is 0. The summed E-state index contributed by atoms with van der Waals surface area (Å²) in [6.45, 7) is 4.49. The molecule has 50 valence electrons. The Morgan fingerprint density at radius 2 is 2.12 bits per heavy atom. The van der Waals surface area contributed by atoms with Crippen LogP contribution >= 0.6 is 15.9 Å². The van der Waals surface area contributed by atoms with Crippen LogP contribution in [0, 0.1) is 5.92 Å². The summed E-state index contributed by atoms with van der Waals surface area (Å²) >= 11 is 3.35. The summed E-state index contributed by atoms with van der Waals surface area (Å²) < 4.78 is 0. The minimum atomic E-state index is 0.245. The maximum atomic E-state index is 8.59. The summed E-state index contributed by atoms with van der Waals surface area (Å²) in [6.07, 6.45) is 1.12. The van der Waals surface area contributed by atoms with Gasteiger partial charge in [-0.05, 0) is 5.92 Å². The predicted molar refractivity (Wildman–Crippen MR) is 39.3 cm³/mol. The zero-order valence-electron chi connectivity index (χ0n) is 5.39. The lowest BCUT2D eigenvalue weighted by Gasteiger charge is -2.12. The Labute approximate surface area is 59.2 Å². The summed E-state index contributed by atoms with van der Waals surface area (Å²) in [5.74, 6) is 0.583. The molecule has 0 heterocycles. The molecule has 0 radical (unpaired) electrons. The van der Waals surface area contributed by atoms with Gasteiger partial charge in [-0.3, -0.25) is 0 Å². The second-order valence-electron chi connectivity index (χ2n) is 2.08. The quantitative estimate of drug-likeness (QED) is 0.658.